The molecule has 0 heterocycles. The van der Waals surface area contributed by atoms with E-state index in [1.807, 2.05) is 41.5 Å². The third-order valence-electron chi connectivity index (χ3n) is 2.32. The first-order chi connectivity index (χ1) is 7.55. The largest absolute Gasteiger partial charge is 0.624 e. The second-order valence-corrected chi connectivity index (χ2v) is 6.29. The molecule has 4 nitrogen and oxygen atoms in total. The van der Waals surface area contributed by atoms with Crippen LogP contribution in [0.1, 0.15) is 60.8 Å². The van der Waals surface area contributed by atoms with Crippen molar-refractivity contribution in [2.24, 2.45) is 0 Å². The van der Waals surface area contributed by atoms with Gasteiger partial charge in [-0.15, -0.1) is 0 Å². The molecule has 0 spiro atoms. The molecule has 0 radical (unpaired) electrons. The molecular formula is C13H26N2O2. The van der Waals surface area contributed by atoms with Crippen LogP contribution in [-0.4, -0.2) is 33.0 Å². The molecule has 17 heavy (non-hydrogen) atoms. The third-order valence-corrected chi connectivity index (χ3v) is 2.32. The van der Waals surface area contributed by atoms with Crippen LogP contribution in [0.4, 0.5) is 0 Å². The molecule has 0 aliphatic rings. The van der Waals surface area contributed by atoms with Gasteiger partial charge in [0.05, 0.1) is 0 Å². The average molecular weight is 242 g/mol. The fraction of sp³-hybridized carbons (Fsp3) is 0.846. The van der Waals surface area contributed by atoms with E-state index in [0.29, 0.717) is 12.8 Å². The lowest BCUT2D eigenvalue weighted by atomic mass is 10.1. The van der Waals surface area contributed by atoms with Crippen molar-refractivity contribution in [3.05, 3.63) is 10.4 Å². The van der Waals surface area contributed by atoms with Gasteiger partial charge in [-0.05, 0) is 6.42 Å². The van der Waals surface area contributed by atoms with Gasteiger partial charge in [0.2, 0.25) is 0 Å². The van der Waals surface area contributed by atoms with Gasteiger partial charge in [0, 0.05) is 54.4 Å². The topological polar surface area (TPSA) is 52.1 Å². The van der Waals surface area contributed by atoms with E-state index in [4.69, 9.17) is 0 Å². The molecule has 0 aromatic carbocycles. The molecule has 0 rings (SSSR count). The van der Waals surface area contributed by atoms with Gasteiger partial charge in [-0.1, -0.05) is 0 Å². The molecule has 0 bridgehead atoms. The monoisotopic (exact) mass is 242 g/mol. The molecule has 0 unspecified atom stereocenters. The highest BCUT2D eigenvalue weighted by molar-refractivity contribution is 5.55. The van der Waals surface area contributed by atoms with E-state index in [9.17, 15) is 10.4 Å². The van der Waals surface area contributed by atoms with E-state index in [1.54, 1.807) is 12.4 Å². The second-order valence-electron chi connectivity index (χ2n) is 6.29. The van der Waals surface area contributed by atoms with Crippen LogP contribution in [0.15, 0.2) is 0 Å². The van der Waals surface area contributed by atoms with Gasteiger partial charge < -0.3 is 10.4 Å². The summed E-state index contributed by atoms with van der Waals surface area (Å²) in [6.45, 7) is 11.3. The van der Waals surface area contributed by atoms with Crippen LogP contribution in [0, 0.1) is 10.4 Å². The molecule has 0 aromatic heterocycles. The molecular weight excluding hydrogens is 216 g/mol. The Bertz CT molecular complexity index is 264. The lowest BCUT2D eigenvalue weighted by Crippen LogP contribution is -2.29. The summed E-state index contributed by atoms with van der Waals surface area (Å²) in [7, 11) is 0. The summed E-state index contributed by atoms with van der Waals surface area (Å²) in [5, 5.41) is 23.0. The van der Waals surface area contributed by atoms with Crippen molar-refractivity contribution in [3.8, 4) is 0 Å². The molecule has 0 aliphatic carbocycles. The van der Waals surface area contributed by atoms with Gasteiger partial charge in [0.25, 0.3) is 0 Å². The lowest BCUT2D eigenvalue weighted by Gasteiger charge is -2.19. The van der Waals surface area contributed by atoms with E-state index in [0.717, 1.165) is 15.9 Å². The smallest absolute Gasteiger partial charge is 0.164 e. The number of hydroxylamine groups is 2. The molecule has 0 atom stereocenters. The summed E-state index contributed by atoms with van der Waals surface area (Å²) < 4.78 is 1.96. The Morgan fingerprint density at radius 3 is 1.29 bits per heavy atom. The lowest BCUT2D eigenvalue weighted by molar-refractivity contribution is -0.532. The molecule has 0 N–H and O–H groups in total. The van der Waals surface area contributed by atoms with Crippen molar-refractivity contribution in [3.63, 3.8) is 0 Å². The Morgan fingerprint density at radius 2 is 1.06 bits per heavy atom. The van der Waals surface area contributed by atoms with Gasteiger partial charge in [-0.3, -0.25) is 0 Å². The predicted molar refractivity (Wildman–Crippen MR) is 72.7 cm³/mol. The standard InChI is InChI=1S/C13H26N2O2/c1-12(2,3)14(16)10-8-7-9-11-15(17)13(4,5)6/h10-11H,7-9H2,1-6H3. The highest BCUT2D eigenvalue weighted by atomic mass is 16.5. The van der Waals surface area contributed by atoms with Crippen molar-refractivity contribution < 1.29 is 9.48 Å². The zero-order valence-electron chi connectivity index (χ0n) is 12.0. The van der Waals surface area contributed by atoms with Crippen molar-refractivity contribution in [1.82, 2.24) is 0 Å². The zero-order chi connectivity index (χ0) is 13.7. The Labute approximate surface area is 105 Å². The zero-order valence-corrected chi connectivity index (χ0v) is 12.0. The van der Waals surface area contributed by atoms with Crippen molar-refractivity contribution in [2.45, 2.75) is 71.9 Å². The quantitative estimate of drug-likeness (QED) is 0.250. The first kappa shape index (κ1) is 15.9. The van der Waals surface area contributed by atoms with Crippen LogP contribution < -0.4 is 0 Å². The van der Waals surface area contributed by atoms with Crippen LogP contribution in [0.25, 0.3) is 0 Å². The highest BCUT2D eigenvalue weighted by Crippen LogP contribution is 2.06. The molecule has 0 saturated carbocycles. The van der Waals surface area contributed by atoms with Crippen LogP contribution in [-0.2, 0) is 0 Å². The molecule has 100 valence electrons. The molecule has 0 aromatic rings. The normalized spacial score (nSPS) is 15.2. The van der Waals surface area contributed by atoms with Crippen LogP contribution >= 0.6 is 0 Å². The summed E-state index contributed by atoms with van der Waals surface area (Å²) in [6, 6.07) is 0. The number of rotatable bonds is 4. The van der Waals surface area contributed by atoms with Crippen LogP contribution in [0.3, 0.4) is 0 Å². The van der Waals surface area contributed by atoms with Gasteiger partial charge in [0.1, 0.15) is 0 Å². The predicted octanol–water partition coefficient (Wildman–Crippen LogP) is 2.92. The van der Waals surface area contributed by atoms with Crippen molar-refractivity contribution in [2.75, 3.05) is 0 Å². The maximum absolute atomic E-state index is 11.5. The molecule has 0 fully saturated rings. The minimum absolute atomic E-state index is 0.375. The van der Waals surface area contributed by atoms with Crippen molar-refractivity contribution in [1.29, 1.82) is 0 Å². The maximum Gasteiger partial charge on any atom is 0.164 e. The Kier molecular flexibility index (Phi) is 5.66. The Morgan fingerprint density at radius 1 is 0.765 bits per heavy atom. The first-order valence-electron chi connectivity index (χ1n) is 6.15. The minimum atomic E-state index is -0.375. The number of unbranched alkanes of at least 4 members (excludes halogenated alkanes) is 2. The second kappa shape index (κ2) is 6.03. The van der Waals surface area contributed by atoms with Gasteiger partial charge in [-0.25, -0.2) is 9.48 Å². The fourth-order valence-corrected chi connectivity index (χ4v) is 1.08. The van der Waals surface area contributed by atoms with E-state index in [2.05, 4.69) is 0 Å². The minimum Gasteiger partial charge on any atom is -0.624 e. The first-order valence-corrected chi connectivity index (χ1v) is 6.15. The van der Waals surface area contributed by atoms with Gasteiger partial charge in [0.15, 0.2) is 23.5 Å². The molecule has 0 amide bonds. The summed E-state index contributed by atoms with van der Waals surface area (Å²) in [5.41, 5.74) is -0.751. The average Bonchev–Trinajstić information content (AvgIpc) is 2.13. The van der Waals surface area contributed by atoms with E-state index >= 15 is 0 Å². The summed E-state index contributed by atoms with van der Waals surface area (Å²) >= 11 is 0. The van der Waals surface area contributed by atoms with Crippen LogP contribution in [0.5, 0.6) is 0 Å². The third kappa shape index (κ3) is 6.97. The number of hydrogen-bond donors (Lipinski definition) is 0. The fourth-order valence-electron chi connectivity index (χ4n) is 1.08. The molecule has 0 saturated heterocycles. The van der Waals surface area contributed by atoms with Gasteiger partial charge >= 0.3 is 0 Å². The maximum atomic E-state index is 11.5. The summed E-state index contributed by atoms with van der Waals surface area (Å²) in [4.78, 5) is 0. The SMILES string of the molecule is CC(C)(C)[N+]([O-])=CCCCC=[N+]([O-])C(C)(C)C. The van der Waals surface area contributed by atoms with Crippen molar-refractivity contribution >= 4 is 12.4 Å². The number of nitrogens with zero attached hydrogens (tertiary/aromatic N) is 2. The number of hydrogen-bond acceptors (Lipinski definition) is 2. The Balaban J connectivity index is 4.04. The van der Waals surface area contributed by atoms with E-state index < -0.39 is 0 Å². The van der Waals surface area contributed by atoms with Crippen LogP contribution in [0.2, 0.25) is 0 Å². The van der Waals surface area contributed by atoms with Gasteiger partial charge in [-0.2, -0.15) is 0 Å². The summed E-state index contributed by atoms with van der Waals surface area (Å²) in [5.74, 6) is 0. The molecule has 4 heteroatoms. The highest BCUT2D eigenvalue weighted by Gasteiger charge is 2.18. The Hall–Kier alpha value is -1.06. The molecule has 0 aliphatic heterocycles. The van der Waals surface area contributed by atoms with E-state index in [-0.39, 0.29) is 11.1 Å². The van der Waals surface area contributed by atoms with E-state index in [1.165, 1.54) is 0 Å². The summed E-state index contributed by atoms with van der Waals surface area (Å²) in [6.07, 6.45) is 5.54.